The molecule has 2 aliphatic rings. The predicted octanol–water partition coefficient (Wildman–Crippen LogP) is 2.78. The number of aromatic nitrogens is 1. The van der Waals surface area contributed by atoms with E-state index in [0.717, 1.165) is 18.4 Å². The number of hydrogen-bond acceptors (Lipinski definition) is 3. The third-order valence-electron chi connectivity index (χ3n) is 6.20. The van der Waals surface area contributed by atoms with Crippen molar-refractivity contribution in [2.24, 2.45) is 16.7 Å². The molecule has 0 amide bonds. The van der Waals surface area contributed by atoms with Crippen LogP contribution in [-0.4, -0.2) is 15.7 Å². The van der Waals surface area contributed by atoms with Crippen LogP contribution in [0.2, 0.25) is 0 Å². The Bertz CT molecular complexity index is 506. The molecule has 3 heteroatoms. The summed E-state index contributed by atoms with van der Waals surface area (Å²) in [5, 5.41) is 11.5. The second-order valence-corrected chi connectivity index (χ2v) is 7.31. The lowest BCUT2D eigenvalue weighted by Crippen LogP contribution is -2.55. The number of nitrogens with zero attached hydrogens (tertiary/aromatic N) is 1. The van der Waals surface area contributed by atoms with Crippen LogP contribution in [0, 0.1) is 16.7 Å². The molecule has 1 heterocycles. The first-order valence-electron chi connectivity index (χ1n) is 7.22. The minimum atomic E-state index is -0.680. The van der Waals surface area contributed by atoms with Crippen LogP contribution in [-0.2, 0) is 6.42 Å². The zero-order valence-corrected chi connectivity index (χ0v) is 12.1. The van der Waals surface area contributed by atoms with E-state index in [1.807, 2.05) is 12.1 Å². The van der Waals surface area contributed by atoms with Gasteiger partial charge in [0.15, 0.2) is 0 Å². The van der Waals surface area contributed by atoms with Gasteiger partial charge < -0.3 is 10.8 Å². The van der Waals surface area contributed by atoms with E-state index in [-0.39, 0.29) is 10.8 Å². The minimum absolute atomic E-state index is 0.0173. The van der Waals surface area contributed by atoms with Crippen molar-refractivity contribution >= 4 is 5.82 Å². The summed E-state index contributed by atoms with van der Waals surface area (Å²) in [5.74, 6) is 1.18. The van der Waals surface area contributed by atoms with Gasteiger partial charge in [-0.2, -0.15) is 0 Å². The number of nitrogen functional groups attached to an aromatic ring is 1. The van der Waals surface area contributed by atoms with Gasteiger partial charge in [-0.15, -0.1) is 0 Å². The minimum Gasteiger partial charge on any atom is -0.388 e. The molecule has 3 atom stereocenters. The molecule has 2 aliphatic carbocycles. The van der Waals surface area contributed by atoms with Crippen molar-refractivity contribution in [2.45, 2.75) is 52.1 Å². The van der Waals surface area contributed by atoms with Crippen LogP contribution in [0.1, 0.15) is 45.6 Å². The van der Waals surface area contributed by atoms with Gasteiger partial charge in [0.05, 0.1) is 5.60 Å². The Kier molecular flexibility index (Phi) is 2.53. The third kappa shape index (κ3) is 1.51. The molecule has 3 rings (SSSR count). The van der Waals surface area contributed by atoms with Gasteiger partial charge in [0.25, 0.3) is 0 Å². The molecule has 2 fully saturated rings. The maximum absolute atomic E-state index is 11.5. The van der Waals surface area contributed by atoms with Crippen molar-refractivity contribution < 1.29 is 5.11 Å². The van der Waals surface area contributed by atoms with Crippen LogP contribution in [0.5, 0.6) is 0 Å². The number of aliphatic hydroxyl groups is 1. The summed E-state index contributed by atoms with van der Waals surface area (Å²) in [6.07, 6.45) is 5.83. The Morgan fingerprint density at radius 1 is 1.42 bits per heavy atom. The smallest absolute Gasteiger partial charge is 0.126 e. The molecule has 2 saturated carbocycles. The maximum Gasteiger partial charge on any atom is 0.126 e. The van der Waals surface area contributed by atoms with E-state index < -0.39 is 5.60 Å². The molecule has 1 aromatic rings. The SMILES string of the molecule is CC12CCC(C1)C(C)(C)C2(O)Cc1cccnc1N. The Labute approximate surface area is 115 Å². The molecule has 3 unspecified atom stereocenters. The number of nitrogens with two attached hydrogens (primary N) is 1. The summed E-state index contributed by atoms with van der Waals surface area (Å²) >= 11 is 0. The summed E-state index contributed by atoms with van der Waals surface area (Å²) in [7, 11) is 0. The van der Waals surface area contributed by atoms with Gasteiger partial charge in [-0.3, -0.25) is 0 Å². The molecule has 0 saturated heterocycles. The van der Waals surface area contributed by atoms with Crippen molar-refractivity contribution in [2.75, 3.05) is 5.73 Å². The van der Waals surface area contributed by atoms with E-state index in [4.69, 9.17) is 5.73 Å². The lowest BCUT2D eigenvalue weighted by atomic mass is 9.58. The summed E-state index contributed by atoms with van der Waals surface area (Å²) in [5.41, 5.74) is 6.23. The lowest BCUT2D eigenvalue weighted by molar-refractivity contribution is -0.141. The Balaban J connectivity index is 2.01. The van der Waals surface area contributed by atoms with E-state index in [9.17, 15) is 5.11 Å². The predicted molar refractivity (Wildman–Crippen MR) is 76.5 cm³/mol. The van der Waals surface area contributed by atoms with E-state index in [1.165, 1.54) is 6.42 Å². The van der Waals surface area contributed by atoms with Crippen molar-refractivity contribution in [3.63, 3.8) is 0 Å². The van der Waals surface area contributed by atoms with Crippen LogP contribution in [0.15, 0.2) is 18.3 Å². The van der Waals surface area contributed by atoms with Crippen LogP contribution in [0.3, 0.4) is 0 Å². The fraction of sp³-hybridized carbons (Fsp3) is 0.688. The Morgan fingerprint density at radius 2 is 2.16 bits per heavy atom. The van der Waals surface area contributed by atoms with Gasteiger partial charge in [-0.05, 0) is 47.6 Å². The first-order valence-corrected chi connectivity index (χ1v) is 7.22. The van der Waals surface area contributed by atoms with Gasteiger partial charge in [0.2, 0.25) is 0 Å². The van der Waals surface area contributed by atoms with Crippen molar-refractivity contribution in [1.29, 1.82) is 0 Å². The molecule has 19 heavy (non-hydrogen) atoms. The van der Waals surface area contributed by atoms with Crippen molar-refractivity contribution in [3.05, 3.63) is 23.9 Å². The van der Waals surface area contributed by atoms with Crippen molar-refractivity contribution in [3.8, 4) is 0 Å². The molecular formula is C16H24N2O. The monoisotopic (exact) mass is 260 g/mol. The van der Waals surface area contributed by atoms with Crippen LogP contribution >= 0.6 is 0 Å². The molecule has 2 bridgehead atoms. The van der Waals surface area contributed by atoms with E-state index in [2.05, 4.69) is 25.8 Å². The molecule has 0 aromatic carbocycles. The van der Waals surface area contributed by atoms with Gasteiger partial charge in [0, 0.05) is 12.6 Å². The largest absolute Gasteiger partial charge is 0.388 e. The third-order valence-corrected chi connectivity index (χ3v) is 6.20. The number of pyridine rings is 1. The van der Waals surface area contributed by atoms with E-state index in [0.29, 0.717) is 18.2 Å². The Morgan fingerprint density at radius 3 is 2.74 bits per heavy atom. The average molecular weight is 260 g/mol. The summed E-state index contributed by atoms with van der Waals surface area (Å²) < 4.78 is 0. The highest BCUT2D eigenvalue weighted by molar-refractivity contribution is 5.41. The zero-order chi connectivity index (χ0) is 13.9. The second kappa shape index (κ2) is 3.72. The fourth-order valence-electron chi connectivity index (χ4n) is 4.66. The van der Waals surface area contributed by atoms with Gasteiger partial charge >= 0.3 is 0 Å². The highest BCUT2D eigenvalue weighted by Crippen LogP contribution is 2.68. The number of anilines is 1. The van der Waals surface area contributed by atoms with Gasteiger partial charge in [-0.1, -0.05) is 26.8 Å². The molecule has 3 N–H and O–H groups in total. The zero-order valence-electron chi connectivity index (χ0n) is 12.1. The second-order valence-electron chi connectivity index (χ2n) is 7.31. The summed E-state index contributed by atoms with van der Waals surface area (Å²) in [6.45, 7) is 6.68. The van der Waals surface area contributed by atoms with Crippen LogP contribution < -0.4 is 5.73 Å². The van der Waals surface area contributed by atoms with E-state index in [1.54, 1.807) is 6.20 Å². The normalized spacial score (nSPS) is 39.7. The molecule has 0 radical (unpaired) electrons. The first kappa shape index (κ1) is 12.9. The highest BCUT2D eigenvalue weighted by Gasteiger charge is 2.68. The molecular weight excluding hydrogens is 236 g/mol. The molecule has 0 spiro atoms. The van der Waals surface area contributed by atoms with Gasteiger partial charge in [-0.25, -0.2) is 4.98 Å². The summed E-state index contributed by atoms with van der Waals surface area (Å²) in [4.78, 5) is 4.15. The molecule has 104 valence electrons. The standard InChI is InChI=1S/C16H24N2O/c1-14(2)12-6-7-15(3,10-12)16(14,19)9-11-5-4-8-18-13(11)17/h4-5,8,12,19H,6-7,9-10H2,1-3H3,(H2,17,18). The molecule has 3 nitrogen and oxygen atoms in total. The van der Waals surface area contributed by atoms with E-state index >= 15 is 0 Å². The fourth-order valence-corrected chi connectivity index (χ4v) is 4.66. The number of hydrogen-bond donors (Lipinski definition) is 2. The molecule has 0 aliphatic heterocycles. The lowest BCUT2D eigenvalue weighted by Gasteiger charge is -2.51. The maximum atomic E-state index is 11.5. The topological polar surface area (TPSA) is 59.1 Å². The Hall–Kier alpha value is -1.09. The average Bonchev–Trinajstić information content (AvgIpc) is 2.81. The van der Waals surface area contributed by atoms with Crippen molar-refractivity contribution in [1.82, 2.24) is 4.98 Å². The molecule has 1 aromatic heterocycles. The quantitative estimate of drug-likeness (QED) is 0.859. The first-order chi connectivity index (χ1) is 8.80. The number of fused-ring (bicyclic) bond motifs is 2. The van der Waals surface area contributed by atoms with Gasteiger partial charge in [0.1, 0.15) is 5.82 Å². The van der Waals surface area contributed by atoms with Crippen LogP contribution in [0.25, 0.3) is 0 Å². The number of rotatable bonds is 2. The summed E-state index contributed by atoms with van der Waals surface area (Å²) in [6, 6.07) is 3.89. The highest BCUT2D eigenvalue weighted by atomic mass is 16.3. The van der Waals surface area contributed by atoms with Crippen LogP contribution in [0.4, 0.5) is 5.82 Å².